The molecule has 0 aliphatic carbocycles. The predicted octanol–water partition coefficient (Wildman–Crippen LogP) is 4.03. The molecule has 0 aliphatic rings. The number of benzene rings is 1. The van der Waals surface area contributed by atoms with E-state index in [4.69, 9.17) is 0 Å². The fourth-order valence-corrected chi connectivity index (χ4v) is 2.73. The van der Waals surface area contributed by atoms with Crippen molar-refractivity contribution in [2.75, 3.05) is 11.9 Å². The van der Waals surface area contributed by atoms with Crippen molar-refractivity contribution in [3.05, 3.63) is 43.1 Å². The fraction of sp³-hybridized carbons (Fsp3) is 0.263. The maximum absolute atomic E-state index is 4.58. The zero-order valence-electron chi connectivity index (χ0n) is 14.5. The van der Waals surface area contributed by atoms with Gasteiger partial charge in [0.2, 0.25) is 5.95 Å². The summed E-state index contributed by atoms with van der Waals surface area (Å²) in [5, 5.41) is 5.30. The van der Waals surface area contributed by atoms with Gasteiger partial charge in [-0.05, 0) is 23.1 Å². The molecule has 0 saturated carbocycles. The van der Waals surface area contributed by atoms with Crippen LogP contribution >= 0.6 is 0 Å². The second-order valence-electron chi connectivity index (χ2n) is 7.37. The van der Waals surface area contributed by atoms with E-state index in [9.17, 15) is 0 Å². The average Bonchev–Trinajstić information content (AvgIpc) is 3.02. The van der Waals surface area contributed by atoms with Crippen LogP contribution in [0.25, 0.3) is 33.1 Å². The molecule has 0 radical (unpaired) electrons. The van der Waals surface area contributed by atoms with Crippen molar-refractivity contribution in [2.24, 2.45) is 5.41 Å². The van der Waals surface area contributed by atoms with Crippen LogP contribution in [0, 0.1) is 5.41 Å². The van der Waals surface area contributed by atoms with Gasteiger partial charge in [-0.15, -0.1) is 0 Å². The molecule has 6 heteroatoms. The van der Waals surface area contributed by atoms with E-state index in [0.29, 0.717) is 5.95 Å². The van der Waals surface area contributed by atoms with Gasteiger partial charge in [-0.3, -0.25) is 0 Å². The summed E-state index contributed by atoms with van der Waals surface area (Å²) in [6.07, 6.45) is 7.22. The first-order chi connectivity index (χ1) is 12.0. The SMILES string of the molecule is CC(C)(C)CNc1ncc2c(-c3ccc4ncncc4c3)c[nH]c2n1. The van der Waals surface area contributed by atoms with Crippen LogP contribution in [0.3, 0.4) is 0 Å². The summed E-state index contributed by atoms with van der Waals surface area (Å²) in [6, 6.07) is 6.15. The molecule has 6 nitrogen and oxygen atoms in total. The summed E-state index contributed by atoms with van der Waals surface area (Å²) in [6.45, 7) is 7.34. The molecular weight excluding hydrogens is 312 g/mol. The molecule has 0 atom stereocenters. The van der Waals surface area contributed by atoms with Crippen LogP contribution in [0.2, 0.25) is 0 Å². The molecule has 0 aliphatic heterocycles. The van der Waals surface area contributed by atoms with Gasteiger partial charge in [0.25, 0.3) is 0 Å². The zero-order chi connectivity index (χ0) is 17.4. The minimum absolute atomic E-state index is 0.173. The minimum atomic E-state index is 0.173. The monoisotopic (exact) mass is 332 g/mol. The fourth-order valence-electron chi connectivity index (χ4n) is 2.73. The van der Waals surface area contributed by atoms with Crippen molar-refractivity contribution in [1.29, 1.82) is 0 Å². The third-order valence-corrected chi connectivity index (χ3v) is 4.02. The maximum atomic E-state index is 4.58. The lowest BCUT2D eigenvalue weighted by molar-refractivity contribution is 0.442. The summed E-state index contributed by atoms with van der Waals surface area (Å²) in [7, 11) is 0. The summed E-state index contributed by atoms with van der Waals surface area (Å²) in [5.74, 6) is 0.641. The van der Waals surface area contributed by atoms with Gasteiger partial charge >= 0.3 is 0 Å². The van der Waals surface area contributed by atoms with Gasteiger partial charge in [0.05, 0.1) is 5.52 Å². The van der Waals surface area contributed by atoms with E-state index in [1.54, 1.807) is 6.33 Å². The number of hydrogen-bond donors (Lipinski definition) is 2. The molecule has 0 fully saturated rings. The Bertz CT molecular complexity index is 1040. The van der Waals surface area contributed by atoms with Gasteiger partial charge in [0.15, 0.2) is 0 Å². The Balaban J connectivity index is 1.70. The molecule has 1 aromatic carbocycles. The number of anilines is 1. The van der Waals surface area contributed by atoms with Crippen LogP contribution in [0.5, 0.6) is 0 Å². The first-order valence-corrected chi connectivity index (χ1v) is 8.28. The molecule has 0 amide bonds. The molecule has 4 aromatic rings. The number of fused-ring (bicyclic) bond motifs is 2. The number of nitrogens with one attached hydrogen (secondary N) is 2. The third-order valence-electron chi connectivity index (χ3n) is 4.02. The highest BCUT2D eigenvalue weighted by atomic mass is 15.1. The predicted molar refractivity (Wildman–Crippen MR) is 100 cm³/mol. The highest BCUT2D eigenvalue weighted by Gasteiger charge is 2.12. The van der Waals surface area contributed by atoms with Crippen molar-refractivity contribution in [1.82, 2.24) is 24.9 Å². The highest BCUT2D eigenvalue weighted by Crippen LogP contribution is 2.29. The van der Waals surface area contributed by atoms with Crippen LogP contribution in [-0.4, -0.2) is 31.5 Å². The van der Waals surface area contributed by atoms with Gasteiger partial charge < -0.3 is 10.3 Å². The Morgan fingerprint density at radius 3 is 2.84 bits per heavy atom. The Labute approximate surface area is 145 Å². The first-order valence-electron chi connectivity index (χ1n) is 8.28. The highest BCUT2D eigenvalue weighted by molar-refractivity contribution is 5.96. The van der Waals surface area contributed by atoms with Crippen LogP contribution in [-0.2, 0) is 0 Å². The third kappa shape index (κ3) is 3.15. The lowest BCUT2D eigenvalue weighted by atomic mass is 9.97. The van der Waals surface area contributed by atoms with Crippen LogP contribution in [0.15, 0.2) is 43.1 Å². The van der Waals surface area contributed by atoms with E-state index in [-0.39, 0.29) is 5.41 Å². The largest absolute Gasteiger partial charge is 0.354 e. The lowest BCUT2D eigenvalue weighted by Crippen LogP contribution is -2.20. The topological polar surface area (TPSA) is 79.4 Å². The van der Waals surface area contributed by atoms with Crippen molar-refractivity contribution < 1.29 is 0 Å². The molecule has 25 heavy (non-hydrogen) atoms. The summed E-state index contributed by atoms with van der Waals surface area (Å²) >= 11 is 0. The summed E-state index contributed by atoms with van der Waals surface area (Å²) in [4.78, 5) is 20.7. The molecule has 0 bridgehead atoms. The molecule has 3 aromatic heterocycles. The molecule has 2 N–H and O–H groups in total. The van der Waals surface area contributed by atoms with Crippen LogP contribution < -0.4 is 5.32 Å². The number of hydrogen-bond acceptors (Lipinski definition) is 5. The number of aromatic nitrogens is 5. The van der Waals surface area contributed by atoms with Crippen molar-refractivity contribution in [2.45, 2.75) is 20.8 Å². The van der Waals surface area contributed by atoms with Gasteiger partial charge in [0, 0.05) is 41.5 Å². The molecule has 126 valence electrons. The van der Waals surface area contributed by atoms with Crippen LogP contribution in [0.4, 0.5) is 5.95 Å². The van der Waals surface area contributed by atoms with Gasteiger partial charge in [-0.1, -0.05) is 26.8 Å². The van der Waals surface area contributed by atoms with Gasteiger partial charge in [0.1, 0.15) is 12.0 Å². The molecule has 3 heterocycles. The van der Waals surface area contributed by atoms with E-state index in [1.807, 2.05) is 24.7 Å². The maximum Gasteiger partial charge on any atom is 0.224 e. The normalized spacial score (nSPS) is 12.0. The minimum Gasteiger partial charge on any atom is -0.354 e. The Hall–Kier alpha value is -3.02. The van der Waals surface area contributed by atoms with Crippen molar-refractivity contribution in [3.63, 3.8) is 0 Å². The lowest BCUT2D eigenvalue weighted by Gasteiger charge is -2.18. The summed E-state index contributed by atoms with van der Waals surface area (Å²) < 4.78 is 0. The number of nitrogens with zero attached hydrogens (tertiary/aromatic N) is 4. The van der Waals surface area contributed by atoms with Gasteiger partial charge in [-0.2, -0.15) is 4.98 Å². The van der Waals surface area contributed by atoms with E-state index in [2.05, 4.69) is 63.1 Å². The quantitative estimate of drug-likeness (QED) is 0.592. The van der Waals surface area contributed by atoms with E-state index >= 15 is 0 Å². The smallest absolute Gasteiger partial charge is 0.224 e. The zero-order valence-corrected chi connectivity index (χ0v) is 14.5. The first kappa shape index (κ1) is 15.5. The Morgan fingerprint density at radius 2 is 2.00 bits per heavy atom. The summed E-state index contributed by atoms with van der Waals surface area (Å²) in [5.41, 5.74) is 4.09. The standard InChI is InChI=1S/C19H20N6/c1-19(2,3)10-23-18-22-9-15-14(8-21-17(15)25-18)12-4-5-16-13(6-12)7-20-11-24-16/h4-9,11H,10H2,1-3H3,(H2,21,22,23,25). The molecule has 0 saturated heterocycles. The second kappa shape index (κ2) is 5.81. The van der Waals surface area contributed by atoms with Crippen molar-refractivity contribution >= 4 is 27.9 Å². The molecular formula is C19H20N6. The average molecular weight is 332 g/mol. The van der Waals surface area contributed by atoms with Gasteiger partial charge in [-0.25, -0.2) is 15.0 Å². The number of rotatable bonds is 3. The molecule has 4 rings (SSSR count). The Morgan fingerprint density at radius 1 is 1.12 bits per heavy atom. The number of aromatic amines is 1. The van der Waals surface area contributed by atoms with Crippen LogP contribution in [0.1, 0.15) is 20.8 Å². The Kier molecular flexibility index (Phi) is 3.60. The second-order valence-corrected chi connectivity index (χ2v) is 7.37. The molecule has 0 unspecified atom stereocenters. The van der Waals surface area contributed by atoms with E-state index in [0.717, 1.165) is 39.6 Å². The van der Waals surface area contributed by atoms with E-state index < -0.39 is 0 Å². The molecule has 0 spiro atoms. The van der Waals surface area contributed by atoms with E-state index in [1.165, 1.54) is 0 Å². The van der Waals surface area contributed by atoms with Crippen molar-refractivity contribution in [3.8, 4) is 11.1 Å². The number of H-pyrrole nitrogens is 1.